The van der Waals surface area contributed by atoms with Crippen molar-refractivity contribution in [2.24, 2.45) is 0 Å². The second kappa shape index (κ2) is 8.70. The lowest BCUT2D eigenvalue weighted by atomic mass is 9.77. The molecule has 2 saturated heterocycles. The highest BCUT2D eigenvalue weighted by Crippen LogP contribution is 2.42. The van der Waals surface area contributed by atoms with Crippen LogP contribution in [0.5, 0.6) is 0 Å². The van der Waals surface area contributed by atoms with Crippen molar-refractivity contribution in [1.82, 2.24) is 15.2 Å². The smallest absolute Gasteiger partial charge is 0.317 e. The van der Waals surface area contributed by atoms with Crippen molar-refractivity contribution in [2.75, 3.05) is 36.5 Å². The Morgan fingerprint density at radius 2 is 1.94 bits per heavy atom. The summed E-state index contributed by atoms with van der Waals surface area (Å²) in [4.78, 5) is 47.4. The quantitative estimate of drug-likeness (QED) is 0.753. The van der Waals surface area contributed by atoms with Crippen molar-refractivity contribution in [3.05, 3.63) is 53.5 Å². The molecule has 2 aromatic rings. The zero-order chi connectivity index (χ0) is 23.9. The molecule has 1 aromatic heterocycles. The number of piperidine rings is 1. The lowest BCUT2D eigenvalue weighted by molar-refractivity contribution is -0.117. The molecule has 3 aliphatic heterocycles. The van der Waals surface area contributed by atoms with Gasteiger partial charge in [0.2, 0.25) is 5.91 Å². The van der Waals surface area contributed by atoms with Crippen LogP contribution < -0.4 is 15.1 Å². The SMILES string of the molecule is CN1c2ccc(F)cc2C(=O)CC12CCN(C(=O)NCc1ccnc(N3CCCC3=O)c1)CC2. The fourth-order valence-corrected chi connectivity index (χ4v) is 5.33. The molecule has 9 heteroatoms. The van der Waals surface area contributed by atoms with Gasteiger partial charge in [0, 0.05) is 63.5 Å². The Morgan fingerprint density at radius 1 is 1.15 bits per heavy atom. The lowest BCUT2D eigenvalue weighted by Gasteiger charge is -2.50. The molecule has 0 bridgehead atoms. The molecule has 34 heavy (non-hydrogen) atoms. The van der Waals surface area contributed by atoms with Crippen LogP contribution in [0.15, 0.2) is 36.5 Å². The van der Waals surface area contributed by atoms with E-state index in [9.17, 15) is 18.8 Å². The molecule has 4 heterocycles. The molecule has 1 aromatic carbocycles. The highest BCUT2D eigenvalue weighted by molar-refractivity contribution is 6.04. The average molecular weight is 466 g/mol. The molecule has 8 nitrogen and oxygen atoms in total. The molecule has 3 amide bonds. The molecule has 2 fully saturated rings. The molecule has 0 saturated carbocycles. The van der Waals surface area contributed by atoms with Crippen LogP contribution in [0.4, 0.5) is 20.7 Å². The standard InChI is InChI=1S/C25H28FN5O3/c1-29-20-5-4-18(26)14-19(20)21(32)15-25(29)7-11-30(12-8-25)24(34)28-16-17-6-9-27-22(13-17)31-10-2-3-23(31)33/h4-6,9,13-14H,2-3,7-8,10-12,15-16H2,1H3,(H,28,34). The monoisotopic (exact) mass is 465 g/mol. The number of amides is 3. The second-order valence-corrected chi connectivity index (χ2v) is 9.36. The van der Waals surface area contributed by atoms with E-state index >= 15 is 0 Å². The maximum Gasteiger partial charge on any atom is 0.317 e. The number of hydrogen-bond acceptors (Lipinski definition) is 5. The lowest BCUT2D eigenvalue weighted by Crippen LogP contribution is -2.59. The predicted octanol–water partition coefficient (Wildman–Crippen LogP) is 3.11. The van der Waals surface area contributed by atoms with E-state index in [1.54, 1.807) is 22.1 Å². The Bertz CT molecular complexity index is 1150. The summed E-state index contributed by atoms with van der Waals surface area (Å²) < 4.78 is 13.6. The topological polar surface area (TPSA) is 85.8 Å². The Morgan fingerprint density at radius 3 is 2.68 bits per heavy atom. The van der Waals surface area contributed by atoms with Gasteiger partial charge in [-0.3, -0.25) is 14.5 Å². The van der Waals surface area contributed by atoms with Gasteiger partial charge in [-0.1, -0.05) is 0 Å². The average Bonchev–Trinajstić information content (AvgIpc) is 3.28. The Hall–Kier alpha value is -3.49. The van der Waals surface area contributed by atoms with Gasteiger partial charge in [0.1, 0.15) is 11.6 Å². The summed E-state index contributed by atoms with van der Waals surface area (Å²) in [6, 6.07) is 7.89. The number of likely N-dealkylation sites (tertiary alicyclic amines) is 1. The number of nitrogens with one attached hydrogen (secondary N) is 1. The maximum atomic E-state index is 13.6. The third kappa shape index (κ3) is 3.99. The maximum absolute atomic E-state index is 13.6. The summed E-state index contributed by atoms with van der Waals surface area (Å²) in [5.41, 5.74) is 1.70. The number of pyridine rings is 1. The van der Waals surface area contributed by atoms with Crippen molar-refractivity contribution in [3.63, 3.8) is 0 Å². The summed E-state index contributed by atoms with van der Waals surface area (Å²) >= 11 is 0. The highest BCUT2D eigenvalue weighted by atomic mass is 19.1. The van der Waals surface area contributed by atoms with E-state index < -0.39 is 5.82 Å². The molecule has 1 N–H and O–H groups in total. The third-order valence-electron chi connectivity index (χ3n) is 7.41. The van der Waals surface area contributed by atoms with Gasteiger partial charge in [0.05, 0.1) is 5.54 Å². The zero-order valence-electron chi connectivity index (χ0n) is 19.2. The number of benzene rings is 1. The number of ketones is 1. The van der Waals surface area contributed by atoms with E-state index in [1.165, 1.54) is 12.1 Å². The van der Waals surface area contributed by atoms with E-state index in [4.69, 9.17) is 0 Å². The van der Waals surface area contributed by atoms with Gasteiger partial charge in [-0.15, -0.1) is 0 Å². The minimum absolute atomic E-state index is 0.0459. The van der Waals surface area contributed by atoms with Crippen molar-refractivity contribution < 1.29 is 18.8 Å². The number of rotatable bonds is 3. The van der Waals surface area contributed by atoms with Crippen LogP contribution in [-0.4, -0.2) is 59.8 Å². The van der Waals surface area contributed by atoms with E-state index in [0.717, 1.165) is 17.7 Å². The Kier molecular flexibility index (Phi) is 5.71. The summed E-state index contributed by atoms with van der Waals surface area (Å²) in [5, 5.41) is 2.96. The van der Waals surface area contributed by atoms with Crippen LogP contribution >= 0.6 is 0 Å². The molecule has 3 aliphatic rings. The number of Topliss-reactive ketones (excluding diaryl/α,β-unsaturated/α-hetero) is 1. The first-order chi connectivity index (χ1) is 16.4. The summed E-state index contributed by atoms with van der Waals surface area (Å²) in [6.45, 7) is 2.08. The minimum Gasteiger partial charge on any atom is -0.368 e. The van der Waals surface area contributed by atoms with Gasteiger partial charge in [-0.25, -0.2) is 14.2 Å². The van der Waals surface area contributed by atoms with Crippen LogP contribution in [0.2, 0.25) is 0 Å². The highest BCUT2D eigenvalue weighted by Gasteiger charge is 2.45. The number of anilines is 2. The number of urea groups is 1. The van der Waals surface area contributed by atoms with Crippen LogP contribution in [0.25, 0.3) is 0 Å². The van der Waals surface area contributed by atoms with Gasteiger partial charge in [0.25, 0.3) is 0 Å². The summed E-state index contributed by atoms with van der Waals surface area (Å²) in [6.07, 6.45) is 4.69. The number of aromatic nitrogens is 1. The number of hydrogen-bond donors (Lipinski definition) is 1. The molecule has 178 valence electrons. The Labute approximate surface area is 197 Å². The van der Waals surface area contributed by atoms with Gasteiger partial charge < -0.3 is 15.1 Å². The number of nitrogens with zero attached hydrogens (tertiary/aromatic N) is 4. The van der Waals surface area contributed by atoms with E-state index in [1.807, 2.05) is 19.2 Å². The fourth-order valence-electron chi connectivity index (χ4n) is 5.33. The molecular formula is C25H28FN5O3. The molecule has 1 spiro atoms. The third-order valence-corrected chi connectivity index (χ3v) is 7.41. The van der Waals surface area contributed by atoms with Crippen molar-refractivity contribution in [1.29, 1.82) is 0 Å². The van der Waals surface area contributed by atoms with Crippen molar-refractivity contribution >= 4 is 29.2 Å². The number of carbonyl (C=O) groups excluding carboxylic acids is 3. The van der Waals surface area contributed by atoms with Crippen LogP contribution in [-0.2, 0) is 11.3 Å². The van der Waals surface area contributed by atoms with Gasteiger partial charge in [-0.2, -0.15) is 0 Å². The first-order valence-corrected chi connectivity index (χ1v) is 11.7. The first-order valence-electron chi connectivity index (χ1n) is 11.7. The fraction of sp³-hybridized carbons (Fsp3) is 0.440. The predicted molar refractivity (Wildman–Crippen MR) is 125 cm³/mol. The van der Waals surface area contributed by atoms with E-state index in [0.29, 0.717) is 63.2 Å². The van der Waals surface area contributed by atoms with Crippen LogP contribution in [0.1, 0.15) is 48.0 Å². The van der Waals surface area contributed by atoms with Gasteiger partial charge in [-0.05, 0) is 55.2 Å². The molecule has 0 unspecified atom stereocenters. The number of fused-ring (bicyclic) bond motifs is 1. The van der Waals surface area contributed by atoms with Gasteiger partial charge in [0.15, 0.2) is 5.78 Å². The number of halogens is 1. The largest absolute Gasteiger partial charge is 0.368 e. The van der Waals surface area contributed by atoms with Crippen molar-refractivity contribution in [2.45, 2.75) is 44.2 Å². The van der Waals surface area contributed by atoms with Crippen LogP contribution in [0, 0.1) is 5.82 Å². The van der Waals surface area contributed by atoms with E-state index in [-0.39, 0.29) is 23.3 Å². The first kappa shape index (κ1) is 22.3. The van der Waals surface area contributed by atoms with Crippen LogP contribution in [0.3, 0.4) is 0 Å². The molecule has 5 rings (SSSR count). The minimum atomic E-state index is -0.406. The Balaban J connectivity index is 1.19. The van der Waals surface area contributed by atoms with E-state index in [2.05, 4.69) is 15.2 Å². The van der Waals surface area contributed by atoms with Crippen molar-refractivity contribution in [3.8, 4) is 0 Å². The molecular weight excluding hydrogens is 437 g/mol. The molecule has 0 atom stereocenters. The molecule has 0 aliphatic carbocycles. The molecule has 0 radical (unpaired) electrons. The summed E-state index contributed by atoms with van der Waals surface area (Å²) in [5.74, 6) is 0.251. The second-order valence-electron chi connectivity index (χ2n) is 9.36. The summed E-state index contributed by atoms with van der Waals surface area (Å²) in [7, 11) is 1.95. The normalized spacial score (nSPS) is 19.5. The zero-order valence-corrected chi connectivity index (χ0v) is 19.2. The van der Waals surface area contributed by atoms with Gasteiger partial charge >= 0.3 is 6.03 Å². The number of carbonyl (C=O) groups is 3.